The first kappa shape index (κ1) is 13.8. The van der Waals surface area contributed by atoms with Gasteiger partial charge in [0.25, 0.3) is 5.91 Å². The van der Waals surface area contributed by atoms with Crippen LogP contribution < -0.4 is 0 Å². The molecule has 1 saturated heterocycles. The fourth-order valence-electron chi connectivity index (χ4n) is 2.30. The summed E-state index contributed by atoms with van der Waals surface area (Å²) < 4.78 is 1.94. The molecule has 1 amide bonds. The number of rotatable bonds is 3. The molecular formula is C15H14N2O3S. The topological polar surface area (TPSA) is 62.5 Å². The molecule has 0 bridgehead atoms. The second kappa shape index (κ2) is 5.65. The van der Waals surface area contributed by atoms with E-state index in [1.165, 1.54) is 16.7 Å². The molecule has 1 aliphatic heterocycles. The van der Waals surface area contributed by atoms with Crippen molar-refractivity contribution in [3.8, 4) is 5.69 Å². The highest BCUT2D eigenvalue weighted by molar-refractivity contribution is 7.99. The number of amides is 1. The first-order chi connectivity index (χ1) is 10.2. The third-order valence-electron chi connectivity index (χ3n) is 3.45. The van der Waals surface area contributed by atoms with Crippen LogP contribution in [0.4, 0.5) is 0 Å². The lowest BCUT2D eigenvalue weighted by atomic mass is 10.1. The van der Waals surface area contributed by atoms with Gasteiger partial charge in [0.1, 0.15) is 6.04 Å². The largest absolute Gasteiger partial charge is 0.480 e. The van der Waals surface area contributed by atoms with Gasteiger partial charge < -0.3 is 14.6 Å². The Balaban J connectivity index is 1.80. The van der Waals surface area contributed by atoms with Crippen LogP contribution in [0, 0.1) is 0 Å². The van der Waals surface area contributed by atoms with Gasteiger partial charge in [-0.25, -0.2) is 4.79 Å². The van der Waals surface area contributed by atoms with Gasteiger partial charge in [0, 0.05) is 29.4 Å². The number of hydrogen-bond acceptors (Lipinski definition) is 3. The fourth-order valence-corrected chi connectivity index (χ4v) is 3.44. The number of hydrogen-bond donors (Lipinski definition) is 1. The monoisotopic (exact) mass is 302 g/mol. The Hall–Kier alpha value is -2.21. The molecule has 1 atom stereocenters. The molecule has 6 heteroatoms. The van der Waals surface area contributed by atoms with Gasteiger partial charge >= 0.3 is 5.97 Å². The second-order valence-corrected chi connectivity index (χ2v) is 5.77. The number of aliphatic carboxylic acids is 1. The molecule has 1 fully saturated rings. The van der Waals surface area contributed by atoms with E-state index in [2.05, 4.69) is 0 Å². The van der Waals surface area contributed by atoms with Crippen LogP contribution in [-0.2, 0) is 4.79 Å². The summed E-state index contributed by atoms with van der Waals surface area (Å²) in [5.74, 6) is -0.304. The Morgan fingerprint density at radius 3 is 2.43 bits per heavy atom. The van der Waals surface area contributed by atoms with Crippen molar-refractivity contribution >= 4 is 23.6 Å². The Kier molecular flexibility index (Phi) is 3.70. The summed E-state index contributed by atoms with van der Waals surface area (Å²) in [6.45, 7) is 0. The van der Waals surface area contributed by atoms with Gasteiger partial charge in [-0.3, -0.25) is 4.79 Å². The van der Waals surface area contributed by atoms with E-state index < -0.39 is 12.0 Å². The molecule has 2 heterocycles. The highest BCUT2D eigenvalue weighted by Crippen LogP contribution is 2.23. The van der Waals surface area contributed by atoms with Crippen LogP contribution in [0.15, 0.2) is 48.8 Å². The van der Waals surface area contributed by atoms with E-state index in [0.717, 1.165) is 5.69 Å². The highest BCUT2D eigenvalue weighted by Gasteiger charge is 2.34. The van der Waals surface area contributed by atoms with E-state index in [9.17, 15) is 9.59 Å². The first-order valence-electron chi connectivity index (χ1n) is 6.52. The zero-order valence-electron chi connectivity index (χ0n) is 11.2. The zero-order valence-corrected chi connectivity index (χ0v) is 12.0. The number of carboxylic acids is 1. The normalized spacial score (nSPS) is 17.9. The summed E-state index contributed by atoms with van der Waals surface area (Å²) >= 11 is 1.46. The number of aromatic nitrogens is 1. The van der Waals surface area contributed by atoms with Crippen molar-refractivity contribution in [3.05, 3.63) is 54.4 Å². The minimum Gasteiger partial charge on any atom is -0.480 e. The quantitative estimate of drug-likeness (QED) is 0.943. The third kappa shape index (κ3) is 2.67. The van der Waals surface area contributed by atoms with Crippen LogP contribution in [0.1, 0.15) is 10.4 Å². The van der Waals surface area contributed by atoms with E-state index in [1.54, 1.807) is 12.1 Å². The summed E-state index contributed by atoms with van der Waals surface area (Å²) in [5.41, 5.74) is 1.47. The van der Waals surface area contributed by atoms with Crippen molar-refractivity contribution in [2.75, 3.05) is 11.6 Å². The maximum atomic E-state index is 12.4. The first-order valence-corrected chi connectivity index (χ1v) is 7.67. The Morgan fingerprint density at radius 1 is 1.14 bits per heavy atom. The number of carboxylic acid groups (broad SMARTS) is 1. The highest BCUT2D eigenvalue weighted by atomic mass is 32.2. The Labute approximate surface area is 126 Å². The van der Waals surface area contributed by atoms with E-state index in [0.29, 0.717) is 17.2 Å². The Bertz CT molecular complexity index is 652. The lowest BCUT2D eigenvalue weighted by molar-refractivity contribution is -0.140. The van der Waals surface area contributed by atoms with E-state index >= 15 is 0 Å². The molecule has 0 spiro atoms. The smallest absolute Gasteiger partial charge is 0.327 e. The van der Waals surface area contributed by atoms with Crippen LogP contribution in [-0.4, -0.2) is 44.1 Å². The number of nitrogens with zero attached hydrogens (tertiary/aromatic N) is 2. The molecular weight excluding hydrogens is 288 g/mol. The number of thioether (sulfide) groups is 1. The summed E-state index contributed by atoms with van der Waals surface area (Å²) in [6.07, 6.45) is 3.85. The van der Waals surface area contributed by atoms with Crippen LogP contribution in [0.5, 0.6) is 0 Å². The summed E-state index contributed by atoms with van der Waals surface area (Å²) in [5, 5.41) is 9.14. The van der Waals surface area contributed by atoms with Crippen LogP contribution >= 0.6 is 11.8 Å². The van der Waals surface area contributed by atoms with Crippen molar-refractivity contribution in [1.29, 1.82) is 0 Å². The molecule has 1 aromatic carbocycles. The number of carbonyl (C=O) groups is 2. The summed E-state index contributed by atoms with van der Waals surface area (Å²) in [7, 11) is 0. The van der Waals surface area contributed by atoms with Crippen molar-refractivity contribution in [3.63, 3.8) is 0 Å². The molecule has 1 N–H and O–H groups in total. The van der Waals surface area contributed by atoms with Crippen molar-refractivity contribution < 1.29 is 14.7 Å². The van der Waals surface area contributed by atoms with Gasteiger partial charge in [0.2, 0.25) is 0 Å². The van der Waals surface area contributed by atoms with E-state index in [1.807, 2.05) is 41.2 Å². The molecule has 21 heavy (non-hydrogen) atoms. The van der Waals surface area contributed by atoms with Crippen LogP contribution in [0.3, 0.4) is 0 Å². The molecule has 1 aromatic heterocycles. The predicted molar refractivity (Wildman–Crippen MR) is 80.7 cm³/mol. The van der Waals surface area contributed by atoms with Crippen LogP contribution in [0.2, 0.25) is 0 Å². The van der Waals surface area contributed by atoms with Crippen molar-refractivity contribution in [2.24, 2.45) is 0 Å². The van der Waals surface area contributed by atoms with Crippen molar-refractivity contribution in [1.82, 2.24) is 9.47 Å². The molecule has 0 radical (unpaired) electrons. The molecule has 0 saturated carbocycles. The summed E-state index contributed by atoms with van der Waals surface area (Å²) in [4.78, 5) is 25.0. The number of carbonyl (C=O) groups excluding carboxylic acids is 1. The standard InChI is InChI=1S/C15H14N2O3S/c18-14(17-10-21-9-13(17)15(19)20)11-3-5-12(6-4-11)16-7-1-2-8-16/h1-8,13H,9-10H2,(H,19,20). The van der Waals surface area contributed by atoms with Gasteiger partial charge in [-0.1, -0.05) is 0 Å². The molecule has 3 rings (SSSR count). The molecule has 1 unspecified atom stereocenters. The van der Waals surface area contributed by atoms with Crippen LogP contribution in [0.25, 0.3) is 5.69 Å². The van der Waals surface area contributed by atoms with Gasteiger partial charge in [-0.15, -0.1) is 11.8 Å². The average Bonchev–Trinajstić information content (AvgIpc) is 3.18. The van der Waals surface area contributed by atoms with Gasteiger partial charge in [-0.05, 0) is 36.4 Å². The van der Waals surface area contributed by atoms with E-state index in [-0.39, 0.29) is 5.91 Å². The fraction of sp³-hybridized carbons (Fsp3) is 0.200. The maximum Gasteiger partial charge on any atom is 0.327 e. The lowest BCUT2D eigenvalue weighted by Gasteiger charge is -2.20. The molecule has 0 aliphatic carbocycles. The average molecular weight is 302 g/mol. The predicted octanol–water partition coefficient (Wildman–Crippen LogP) is 2.08. The third-order valence-corrected chi connectivity index (χ3v) is 4.46. The van der Waals surface area contributed by atoms with Gasteiger partial charge in [-0.2, -0.15) is 0 Å². The van der Waals surface area contributed by atoms with Gasteiger partial charge in [0.15, 0.2) is 0 Å². The molecule has 1 aliphatic rings. The zero-order chi connectivity index (χ0) is 14.8. The minimum absolute atomic E-state index is 0.230. The van der Waals surface area contributed by atoms with Gasteiger partial charge in [0.05, 0.1) is 5.88 Å². The summed E-state index contributed by atoms with van der Waals surface area (Å²) in [6, 6.07) is 10.3. The molecule has 2 aromatic rings. The minimum atomic E-state index is -0.947. The molecule has 5 nitrogen and oxygen atoms in total. The van der Waals surface area contributed by atoms with E-state index in [4.69, 9.17) is 5.11 Å². The maximum absolute atomic E-state index is 12.4. The second-order valence-electron chi connectivity index (χ2n) is 4.77. The number of benzene rings is 1. The SMILES string of the molecule is O=C(O)C1CSCN1C(=O)c1ccc(-n2cccc2)cc1. The van der Waals surface area contributed by atoms with Crippen molar-refractivity contribution in [2.45, 2.75) is 6.04 Å². The lowest BCUT2D eigenvalue weighted by Crippen LogP contribution is -2.41. The Morgan fingerprint density at radius 2 is 1.81 bits per heavy atom. The molecule has 108 valence electrons.